The Balaban J connectivity index is 2.45. The fraction of sp³-hybridized carbons (Fsp3) is 0.700. The molecule has 7 nitrogen and oxygen atoms in total. The summed E-state index contributed by atoms with van der Waals surface area (Å²) >= 11 is 0. The monoisotopic (exact) mass is 242 g/mol. The van der Waals surface area contributed by atoms with Crippen LogP contribution in [-0.4, -0.2) is 34.5 Å². The van der Waals surface area contributed by atoms with Crippen molar-refractivity contribution in [1.29, 1.82) is 0 Å². The molecule has 1 aromatic heterocycles. The van der Waals surface area contributed by atoms with Crippen LogP contribution >= 0.6 is 0 Å². The average Bonchev–Trinajstić information content (AvgIpc) is 2.70. The summed E-state index contributed by atoms with van der Waals surface area (Å²) in [4.78, 5) is 11.6. The SMILES string of the molecule is CC(C)(CCCO)CNC(=O)c1nonc1N. The van der Waals surface area contributed by atoms with Gasteiger partial charge in [0.15, 0.2) is 0 Å². The van der Waals surface area contributed by atoms with Crippen molar-refractivity contribution < 1.29 is 14.5 Å². The molecule has 0 aliphatic carbocycles. The number of nitrogens with two attached hydrogens (primary N) is 1. The zero-order valence-electron chi connectivity index (χ0n) is 10.1. The topological polar surface area (TPSA) is 114 Å². The Morgan fingerprint density at radius 1 is 1.53 bits per heavy atom. The Morgan fingerprint density at radius 2 is 2.24 bits per heavy atom. The molecule has 0 spiro atoms. The maximum Gasteiger partial charge on any atom is 0.277 e. The molecular weight excluding hydrogens is 224 g/mol. The van der Waals surface area contributed by atoms with Gasteiger partial charge in [0.1, 0.15) is 0 Å². The number of aliphatic hydroxyl groups is 1. The molecule has 0 bridgehead atoms. The molecular formula is C10H18N4O3. The number of nitrogens with one attached hydrogen (secondary N) is 1. The number of nitrogens with zero attached hydrogens (tertiary/aromatic N) is 2. The largest absolute Gasteiger partial charge is 0.396 e. The molecule has 1 amide bonds. The highest BCUT2D eigenvalue weighted by Gasteiger charge is 2.21. The first kappa shape index (κ1) is 13.4. The summed E-state index contributed by atoms with van der Waals surface area (Å²) in [5.41, 5.74) is 5.31. The molecule has 0 radical (unpaired) electrons. The van der Waals surface area contributed by atoms with Crippen molar-refractivity contribution in [2.45, 2.75) is 26.7 Å². The standard InChI is InChI=1S/C10H18N4O3/c1-10(2,4-3-5-15)6-12-9(16)7-8(11)14-17-13-7/h15H,3-6H2,1-2H3,(H2,11,14)(H,12,16). The summed E-state index contributed by atoms with van der Waals surface area (Å²) in [5, 5.41) is 18.2. The first-order valence-electron chi connectivity index (χ1n) is 5.43. The van der Waals surface area contributed by atoms with E-state index in [1.807, 2.05) is 13.8 Å². The molecule has 7 heteroatoms. The van der Waals surface area contributed by atoms with Gasteiger partial charge >= 0.3 is 0 Å². The lowest BCUT2D eigenvalue weighted by atomic mass is 9.88. The van der Waals surface area contributed by atoms with E-state index in [9.17, 15) is 4.79 Å². The molecule has 17 heavy (non-hydrogen) atoms. The first-order chi connectivity index (χ1) is 7.96. The third-order valence-corrected chi connectivity index (χ3v) is 2.47. The van der Waals surface area contributed by atoms with Crippen LogP contribution in [-0.2, 0) is 0 Å². The molecule has 0 saturated carbocycles. The van der Waals surface area contributed by atoms with Gasteiger partial charge in [0.05, 0.1) is 0 Å². The van der Waals surface area contributed by atoms with Crippen molar-refractivity contribution in [2.75, 3.05) is 18.9 Å². The second kappa shape index (κ2) is 5.62. The van der Waals surface area contributed by atoms with E-state index < -0.39 is 5.91 Å². The van der Waals surface area contributed by atoms with Gasteiger partial charge in [-0.05, 0) is 28.6 Å². The first-order valence-corrected chi connectivity index (χ1v) is 5.43. The van der Waals surface area contributed by atoms with Crippen molar-refractivity contribution in [1.82, 2.24) is 15.6 Å². The minimum atomic E-state index is -0.402. The third-order valence-electron chi connectivity index (χ3n) is 2.47. The molecule has 0 aromatic carbocycles. The smallest absolute Gasteiger partial charge is 0.277 e. The van der Waals surface area contributed by atoms with Gasteiger partial charge in [0.25, 0.3) is 5.91 Å². The number of amides is 1. The summed E-state index contributed by atoms with van der Waals surface area (Å²) in [5.74, 6) is -0.420. The number of hydrogen-bond donors (Lipinski definition) is 3. The number of rotatable bonds is 6. The predicted molar refractivity (Wildman–Crippen MR) is 61.1 cm³/mol. The van der Waals surface area contributed by atoms with Gasteiger partial charge in [0, 0.05) is 13.2 Å². The van der Waals surface area contributed by atoms with Crippen LogP contribution in [0.5, 0.6) is 0 Å². The van der Waals surface area contributed by atoms with Crippen LogP contribution in [0.2, 0.25) is 0 Å². The van der Waals surface area contributed by atoms with E-state index in [1.165, 1.54) is 0 Å². The summed E-state index contributed by atoms with van der Waals surface area (Å²) in [6.45, 7) is 4.64. The molecule has 0 atom stereocenters. The number of nitrogen functional groups attached to an aromatic ring is 1. The molecule has 0 saturated heterocycles. The van der Waals surface area contributed by atoms with E-state index in [1.54, 1.807) is 0 Å². The molecule has 0 unspecified atom stereocenters. The Labute approximate surface area is 99.3 Å². The Kier molecular flexibility index (Phi) is 4.45. The number of aliphatic hydroxyl groups excluding tert-OH is 1. The van der Waals surface area contributed by atoms with Gasteiger partial charge in [-0.3, -0.25) is 4.79 Å². The van der Waals surface area contributed by atoms with E-state index >= 15 is 0 Å². The van der Waals surface area contributed by atoms with Crippen molar-refractivity contribution in [3.63, 3.8) is 0 Å². The molecule has 0 fully saturated rings. The zero-order valence-corrected chi connectivity index (χ0v) is 10.1. The van der Waals surface area contributed by atoms with E-state index in [0.717, 1.165) is 6.42 Å². The van der Waals surface area contributed by atoms with Crippen LogP contribution in [0.1, 0.15) is 37.2 Å². The fourth-order valence-corrected chi connectivity index (χ4v) is 1.40. The average molecular weight is 242 g/mol. The van der Waals surface area contributed by atoms with Crippen molar-refractivity contribution >= 4 is 11.7 Å². The highest BCUT2D eigenvalue weighted by Crippen LogP contribution is 2.20. The van der Waals surface area contributed by atoms with Crippen LogP contribution in [0.25, 0.3) is 0 Å². The van der Waals surface area contributed by atoms with E-state index in [4.69, 9.17) is 10.8 Å². The fourth-order valence-electron chi connectivity index (χ4n) is 1.40. The van der Waals surface area contributed by atoms with E-state index in [2.05, 4.69) is 20.3 Å². The molecule has 1 rings (SSSR count). The highest BCUT2D eigenvalue weighted by atomic mass is 16.6. The van der Waals surface area contributed by atoms with Gasteiger partial charge in [-0.25, -0.2) is 4.63 Å². The van der Waals surface area contributed by atoms with Crippen molar-refractivity contribution in [3.05, 3.63) is 5.69 Å². The lowest BCUT2D eigenvalue weighted by Crippen LogP contribution is -2.34. The Hall–Kier alpha value is -1.63. The maximum absolute atomic E-state index is 11.6. The van der Waals surface area contributed by atoms with Crippen LogP contribution in [0.15, 0.2) is 4.63 Å². The van der Waals surface area contributed by atoms with Gasteiger partial charge in [-0.15, -0.1) is 0 Å². The second-order valence-corrected chi connectivity index (χ2v) is 4.67. The predicted octanol–water partition coefficient (Wildman–Crippen LogP) is 0.180. The second-order valence-electron chi connectivity index (χ2n) is 4.67. The molecule has 4 N–H and O–H groups in total. The molecule has 1 aromatic rings. The quantitative estimate of drug-likeness (QED) is 0.655. The molecule has 96 valence electrons. The van der Waals surface area contributed by atoms with E-state index in [-0.39, 0.29) is 23.5 Å². The van der Waals surface area contributed by atoms with Crippen molar-refractivity contribution in [3.8, 4) is 0 Å². The molecule has 0 aliphatic rings. The van der Waals surface area contributed by atoms with Crippen LogP contribution in [0.4, 0.5) is 5.82 Å². The van der Waals surface area contributed by atoms with Crippen molar-refractivity contribution in [2.24, 2.45) is 5.41 Å². The number of anilines is 1. The summed E-state index contributed by atoms with van der Waals surface area (Å²) in [6.07, 6.45) is 1.52. The van der Waals surface area contributed by atoms with Crippen LogP contribution in [0, 0.1) is 5.41 Å². The lowest BCUT2D eigenvalue weighted by molar-refractivity contribution is 0.0923. The Bertz CT molecular complexity index is 375. The van der Waals surface area contributed by atoms with Gasteiger partial charge in [-0.1, -0.05) is 13.8 Å². The van der Waals surface area contributed by atoms with E-state index in [0.29, 0.717) is 13.0 Å². The maximum atomic E-state index is 11.6. The van der Waals surface area contributed by atoms with Crippen LogP contribution in [0.3, 0.4) is 0 Å². The van der Waals surface area contributed by atoms with Gasteiger partial charge in [-0.2, -0.15) is 0 Å². The lowest BCUT2D eigenvalue weighted by Gasteiger charge is -2.24. The number of aromatic nitrogens is 2. The highest BCUT2D eigenvalue weighted by molar-refractivity contribution is 5.95. The van der Waals surface area contributed by atoms with Gasteiger partial charge in [0.2, 0.25) is 11.5 Å². The summed E-state index contributed by atoms with van der Waals surface area (Å²) < 4.78 is 4.34. The minimum Gasteiger partial charge on any atom is -0.396 e. The molecule has 0 aliphatic heterocycles. The normalized spacial score (nSPS) is 11.5. The minimum absolute atomic E-state index is 0.00274. The van der Waals surface area contributed by atoms with Gasteiger partial charge < -0.3 is 16.2 Å². The number of hydrogen-bond acceptors (Lipinski definition) is 6. The van der Waals surface area contributed by atoms with Crippen LogP contribution < -0.4 is 11.1 Å². The number of carbonyl (C=O) groups is 1. The molecule has 1 heterocycles. The summed E-state index contributed by atoms with van der Waals surface area (Å²) in [6, 6.07) is 0. The zero-order chi connectivity index (χ0) is 12.9. The summed E-state index contributed by atoms with van der Waals surface area (Å²) in [7, 11) is 0. The third kappa shape index (κ3) is 4.03. The Morgan fingerprint density at radius 3 is 2.76 bits per heavy atom. The number of carbonyl (C=O) groups excluding carboxylic acids is 1.